The molecule has 0 atom stereocenters. The third-order valence-electron chi connectivity index (χ3n) is 3.39. The lowest BCUT2D eigenvalue weighted by Gasteiger charge is -2.18. The first-order valence-electron chi connectivity index (χ1n) is 6.41. The van der Waals surface area contributed by atoms with Gasteiger partial charge in [-0.3, -0.25) is 0 Å². The van der Waals surface area contributed by atoms with Crippen LogP contribution in [-0.4, -0.2) is 13.7 Å². The van der Waals surface area contributed by atoms with Crippen LogP contribution in [0.1, 0.15) is 12.0 Å². The van der Waals surface area contributed by atoms with Gasteiger partial charge in [0.1, 0.15) is 5.75 Å². The van der Waals surface area contributed by atoms with Gasteiger partial charge in [0.2, 0.25) is 0 Å². The molecule has 0 bridgehead atoms. The summed E-state index contributed by atoms with van der Waals surface area (Å²) in [7, 11) is 1.94. The highest BCUT2D eigenvalue weighted by Crippen LogP contribution is 2.30. The van der Waals surface area contributed by atoms with Crippen LogP contribution in [0.15, 0.2) is 42.5 Å². The molecule has 0 amide bonds. The summed E-state index contributed by atoms with van der Waals surface area (Å²) in [5, 5.41) is 3.17. The van der Waals surface area contributed by atoms with E-state index in [-0.39, 0.29) is 0 Å². The highest BCUT2D eigenvalue weighted by Gasteiger charge is 2.11. The molecular formula is C16H17NO. The van der Waals surface area contributed by atoms with E-state index in [1.165, 1.54) is 16.7 Å². The Morgan fingerprint density at radius 3 is 2.83 bits per heavy atom. The van der Waals surface area contributed by atoms with Crippen molar-refractivity contribution in [2.24, 2.45) is 0 Å². The summed E-state index contributed by atoms with van der Waals surface area (Å²) in [6.07, 6.45) is 2.24. The summed E-state index contributed by atoms with van der Waals surface area (Å²) in [6.45, 7) is 0.849. The number of hydrogen-bond acceptors (Lipinski definition) is 2. The van der Waals surface area contributed by atoms with Crippen molar-refractivity contribution >= 4 is 5.69 Å². The van der Waals surface area contributed by atoms with Gasteiger partial charge in [-0.1, -0.05) is 18.2 Å². The molecule has 2 heteroatoms. The minimum Gasteiger partial charge on any atom is -0.493 e. The van der Waals surface area contributed by atoms with E-state index >= 15 is 0 Å². The quantitative estimate of drug-likeness (QED) is 0.862. The molecule has 0 fully saturated rings. The predicted molar refractivity (Wildman–Crippen MR) is 75.2 cm³/mol. The fraction of sp³-hybridized carbons (Fsp3) is 0.250. The Kier molecular flexibility index (Phi) is 2.93. The molecule has 0 radical (unpaired) electrons. The first-order valence-corrected chi connectivity index (χ1v) is 6.41. The van der Waals surface area contributed by atoms with Crippen molar-refractivity contribution in [3.63, 3.8) is 0 Å². The molecule has 0 aliphatic carbocycles. The molecule has 0 spiro atoms. The second-order valence-corrected chi connectivity index (χ2v) is 4.61. The number of ether oxygens (including phenoxy) is 1. The number of aryl methyl sites for hydroxylation is 1. The SMILES string of the molecule is CNc1cccc(-c2ccc3c(c2)CCCO3)c1. The van der Waals surface area contributed by atoms with Crippen LogP contribution in [0.2, 0.25) is 0 Å². The Bertz CT molecular complexity index is 563. The maximum absolute atomic E-state index is 5.65. The standard InChI is InChI=1S/C16H17NO/c1-17-15-6-2-4-12(11-15)13-7-8-16-14(10-13)5-3-9-18-16/h2,4,6-8,10-11,17H,3,5,9H2,1H3. The van der Waals surface area contributed by atoms with Crippen molar-refractivity contribution < 1.29 is 4.74 Å². The fourth-order valence-corrected chi connectivity index (χ4v) is 2.39. The molecule has 1 heterocycles. The Labute approximate surface area is 108 Å². The van der Waals surface area contributed by atoms with Gasteiger partial charge >= 0.3 is 0 Å². The van der Waals surface area contributed by atoms with Gasteiger partial charge < -0.3 is 10.1 Å². The van der Waals surface area contributed by atoms with E-state index < -0.39 is 0 Å². The van der Waals surface area contributed by atoms with Gasteiger partial charge in [0.25, 0.3) is 0 Å². The Morgan fingerprint density at radius 2 is 1.94 bits per heavy atom. The minimum absolute atomic E-state index is 0.849. The lowest BCUT2D eigenvalue weighted by Crippen LogP contribution is -2.08. The number of rotatable bonds is 2. The summed E-state index contributed by atoms with van der Waals surface area (Å²) in [5.74, 6) is 1.05. The number of fused-ring (bicyclic) bond motifs is 1. The molecule has 2 aromatic rings. The molecule has 1 N–H and O–H groups in total. The first kappa shape index (κ1) is 11.1. The van der Waals surface area contributed by atoms with Crippen LogP contribution in [0.4, 0.5) is 5.69 Å². The van der Waals surface area contributed by atoms with Gasteiger partial charge in [0, 0.05) is 12.7 Å². The summed E-state index contributed by atoms with van der Waals surface area (Å²) < 4.78 is 5.65. The zero-order chi connectivity index (χ0) is 12.4. The zero-order valence-corrected chi connectivity index (χ0v) is 10.6. The molecule has 2 nitrogen and oxygen atoms in total. The molecule has 0 saturated carbocycles. The molecule has 0 saturated heterocycles. The fourth-order valence-electron chi connectivity index (χ4n) is 2.39. The average molecular weight is 239 g/mol. The topological polar surface area (TPSA) is 21.3 Å². The highest BCUT2D eigenvalue weighted by atomic mass is 16.5. The molecule has 92 valence electrons. The number of hydrogen-bond donors (Lipinski definition) is 1. The Balaban J connectivity index is 2.00. The molecule has 2 aromatic carbocycles. The monoisotopic (exact) mass is 239 g/mol. The highest BCUT2D eigenvalue weighted by molar-refractivity contribution is 5.69. The molecule has 0 unspecified atom stereocenters. The van der Waals surface area contributed by atoms with Crippen molar-refractivity contribution in [3.8, 4) is 16.9 Å². The van der Waals surface area contributed by atoms with Gasteiger partial charge in [-0.25, -0.2) is 0 Å². The molecular weight excluding hydrogens is 222 g/mol. The zero-order valence-electron chi connectivity index (χ0n) is 10.6. The van der Waals surface area contributed by atoms with Crippen LogP contribution < -0.4 is 10.1 Å². The maximum atomic E-state index is 5.65. The van der Waals surface area contributed by atoms with E-state index in [0.717, 1.165) is 30.9 Å². The predicted octanol–water partition coefficient (Wildman–Crippen LogP) is 3.72. The van der Waals surface area contributed by atoms with E-state index in [4.69, 9.17) is 4.74 Å². The number of benzene rings is 2. The van der Waals surface area contributed by atoms with Gasteiger partial charge in [-0.2, -0.15) is 0 Å². The smallest absolute Gasteiger partial charge is 0.122 e. The molecule has 3 rings (SSSR count). The molecule has 1 aliphatic rings. The van der Waals surface area contributed by atoms with E-state index in [1.807, 2.05) is 7.05 Å². The Hall–Kier alpha value is -1.96. The van der Waals surface area contributed by atoms with E-state index in [9.17, 15) is 0 Å². The molecule has 0 aromatic heterocycles. The van der Waals surface area contributed by atoms with Crippen LogP contribution in [0.25, 0.3) is 11.1 Å². The van der Waals surface area contributed by atoms with Crippen LogP contribution >= 0.6 is 0 Å². The molecule has 1 aliphatic heterocycles. The van der Waals surface area contributed by atoms with Crippen molar-refractivity contribution in [1.29, 1.82) is 0 Å². The van der Waals surface area contributed by atoms with Gasteiger partial charge in [0.15, 0.2) is 0 Å². The third-order valence-corrected chi connectivity index (χ3v) is 3.39. The minimum atomic E-state index is 0.849. The second kappa shape index (κ2) is 4.73. The van der Waals surface area contributed by atoms with Crippen LogP contribution in [0.5, 0.6) is 5.75 Å². The summed E-state index contributed by atoms with van der Waals surface area (Å²) in [4.78, 5) is 0. The molecule has 18 heavy (non-hydrogen) atoms. The van der Waals surface area contributed by atoms with Gasteiger partial charge in [0.05, 0.1) is 6.61 Å². The Morgan fingerprint density at radius 1 is 1.06 bits per heavy atom. The summed E-state index contributed by atoms with van der Waals surface area (Å²) >= 11 is 0. The van der Waals surface area contributed by atoms with Crippen molar-refractivity contribution in [2.75, 3.05) is 19.0 Å². The average Bonchev–Trinajstić information content (AvgIpc) is 2.47. The van der Waals surface area contributed by atoms with Crippen molar-refractivity contribution in [2.45, 2.75) is 12.8 Å². The number of nitrogens with one attached hydrogen (secondary N) is 1. The largest absolute Gasteiger partial charge is 0.493 e. The first-order chi connectivity index (χ1) is 8.86. The van der Waals surface area contributed by atoms with Gasteiger partial charge in [-0.05, 0) is 53.8 Å². The number of anilines is 1. The van der Waals surface area contributed by atoms with Crippen LogP contribution in [-0.2, 0) is 6.42 Å². The summed E-state index contributed by atoms with van der Waals surface area (Å²) in [6, 6.07) is 15.0. The van der Waals surface area contributed by atoms with E-state index in [0.29, 0.717) is 0 Å². The lowest BCUT2D eigenvalue weighted by molar-refractivity contribution is 0.288. The lowest BCUT2D eigenvalue weighted by atomic mass is 9.99. The third kappa shape index (κ3) is 2.06. The second-order valence-electron chi connectivity index (χ2n) is 4.61. The van der Waals surface area contributed by atoms with Crippen molar-refractivity contribution in [3.05, 3.63) is 48.0 Å². The van der Waals surface area contributed by atoms with Crippen molar-refractivity contribution in [1.82, 2.24) is 0 Å². The summed E-state index contributed by atoms with van der Waals surface area (Å²) in [5.41, 5.74) is 4.97. The normalized spacial score (nSPS) is 13.6. The van der Waals surface area contributed by atoms with E-state index in [2.05, 4.69) is 47.8 Å². The van der Waals surface area contributed by atoms with E-state index in [1.54, 1.807) is 0 Å². The van der Waals surface area contributed by atoms with Crippen LogP contribution in [0, 0.1) is 0 Å². The van der Waals surface area contributed by atoms with Gasteiger partial charge in [-0.15, -0.1) is 0 Å². The maximum Gasteiger partial charge on any atom is 0.122 e. The van der Waals surface area contributed by atoms with Crippen LogP contribution in [0.3, 0.4) is 0 Å².